The van der Waals surface area contributed by atoms with Gasteiger partial charge in [-0.15, -0.1) is 0 Å². The third kappa shape index (κ3) is 5.60. The first-order chi connectivity index (χ1) is 12.8. The molecule has 1 aromatic heterocycles. The molecule has 0 unspecified atom stereocenters. The Morgan fingerprint density at radius 3 is 2.31 bits per heavy atom. The zero-order chi connectivity index (χ0) is 18.0. The van der Waals surface area contributed by atoms with E-state index in [-0.39, 0.29) is 6.61 Å². The Morgan fingerprint density at radius 1 is 0.885 bits per heavy atom. The van der Waals surface area contributed by atoms with Crippen LogP contribution in [0.4, 0.5) is 4.79 Å². The van der Waals surface area contributed by atoms with E-state index in [1.807, 2.05) is 54.6 Å². The molecule has 2 aromatic carbocycles. The third-order valence-electron chi connectivity index (χ3n) is 3.78. The maximum absolute atomic E-state index is 11.8. The highest BCUT2D eigenvalue weighted by Crippen LogP contribution is 2.10. The van der Waals surface area contributed by atoms with E-state index in [9.17, 15) is 4.79 Å². The number of nitrogens with one attached hydrogen (secondary N) is 1. The van der Waals surface area contributed by atoms with Crippen molar-refractivity contribution >= 4 is 18.2 Å². The molecule has 1 amide bonds. The van der Waals surface area contributed by atoms with Crippen LogP contribution in [0.25, 0.3) is 12.2 Å². The summed E-state index contributed by atoms with van der Waals surface area (Å²) in [6.45, 7) is 0.636. The highest BCUT2D eigenvalue weighted by Gasteiger charge is 2.03. The van der Waals surface area contributed by atoms with Crippen LogP contribution in [-0.2, 0) is 17.9 Å². The van der Waals surface area contributed by atoms with Crippen molar-refractivity contribution < 1.29 is 9.53 Å². The van der Waals surface area contributed by atoms with Gasteiger partial charge in [0, 0.05) is 18.9 Å². The number of carbonyl (C=O) groups is 1. The number of rotatable bonds is 6. The summed E-state index contributed by atoms with van der Waals surface area (Å²) in [6, 6.07) is 21.8. The van der Waals surface area contributed by atoms with Crippen molar-refractivity contribution in [3.05, 3.63) is 101 Å². The van der Waals surface area contributed by atoms with Crippen molar-refractivity contribution in [1.82, 2.24) is 10.3 Å². The number of amides is 1. The van der Waals surface area contributed by atoms with Crippen LogP contribution in [0.2, 0.25) is 0 Å². The SMILES string of the molecule is O=C(NCc1cccnc1)OCc1ccc(C=Cc2ccccc2)cc1. The van der Waals surface area contributed by atoms with Crippen LogP contribution in [0.1, 0.15) is 22.3 Å². The molecule has 26 heavy (non-hydrogen) atoms. The minimum absolute atomic E-state index is 0.238. The number of nitrogens with zero attached hydrogens (tertiary/aromatic N) is 1. The van der Waals surface area contributed by atoms with Gasteiger partial charge < -0.3 is 10.1 Å². The number of hydrogen-bond acceptors (Lipinski definition) is 3. The first-order valence-electron chi connectivity index (χ1n) is 8.41. The summed E-state index contributed by atoms with van der Waals surface area (Å²) in [5.74, 6) is 0. The van der Waals surface area contributed by atoms with Crippen molar-refractivity contribution in [2.75, 3.05) is 0 Å². The van der Waals surface area contributed by atoms with Gasteiger partial charge in [-0.2, -0.15) is 0 Å². The quantitative estimate of drug-likeness (QED) is 0.661. The molecule has 0 atom stereocenters. The van der Waals surface area contributed by atoms with Gasteiger partial charge in [-0.25, -0.2) is 4.79 Å². The van der Waals surface area contributed by atoms with E-state index in [4.69, 9.17) is 4.74 Å². The molecule has 0 fully saturated rings. The van der Waals surface area contributed by atoms with E-state index in [1.165, 1.54) is 0 Å². The molecule has 0 spiro atoms. The molecule has 0 saturated heterocycles. The molecule has 0 aliphatic carbocycles. The second-order valence-electron chi connectivity index (χ2n) is 5.78. The largest absolute Gasteiger partial charge is 0.445 e. The first kappa shape index (κ1) is 17.4. The van der Waals surface area contributed by atoms with Gasteiger partial charge in [-0.3, -0.25) is 4.98 Å². The maximum Gasteiger partial charge on any atom is 0.407 e. The summed E-state index contributed by atoms with van der Waals surface area (Å²) in [5, 5.41) is 2.71. The number of aromatic nitrogens is 1. The molecular weight excluding hydrogens is 324 g/mol. The average molecular weight is 344 g/mol. The molecular formula is C22H20N2O2. The van der Waals surface area contributed by atoms with Crippen molar-refractivity contribution in [2.45, 2.75) is 13.2 Å². The number of pyridine rings is 1. The van der Waals surface area contributed by atoms with Crippen molar-refractivity contribution in [3.8, 4) is 0 Å². The Kier molecular flexibility index (Phi) is 6.15. The van der Waals surface area contributed by atoms with Gasteiger partial charge in [0.05, 0.1) is 0 Å². The van der Waals surface area contributed by atoms with E-state index < -0.39 is 6.09 Å². The second-order valence-corrected chi connectivity index (χ2v) is 5.78. The molecule has 4 nitrogen and oxygen atoms in total. The van der Waals surface area contributed by atoms with E-state index in [0.29, 0.717) is 6.54 Å². The standard InChI is InChI=1S/C22H20N2O2/c25-22(24-16-21-7-4-14-23-15-21)26-17-20-12-10-19(11-13-20)9-8-18-5-2-1-3-6-18/h1-15H,16-17H2,(H,24,25). The van der Waals surface area contributed by atoms with Gasteiger partial charge in [0.25, 0.3) is 0 Å². The normalized spacial score (nSPS) is 10.6. The number of benzene rings is 2. The summed E-state index contributed by atoms with van der Waals surface area (Å²) >= 11 is 0. The van der Waals surface area contributed by atoms with E-state index in [0.717, 1.165) is 22.3 Å². The van der Waals surface area contributed by atoms with Crippen LogP contribution in [0.15, 0.2) is 79.1 Å². The molecule has 0 aliphatic heterocycles. The fraction of sp³-hybridized carbons (Fsp3) is 0.0909. The lowest BCUT2D eigenvalue weighted by molar-refractivity contribution is 0.139. The van der Waals surface area contributed by atoms with Gasteiger partial charge in [-0.1, -0.05) is 72.8 Å². The molecule has 1 N–H and O–H groups in total. The molecule has 0 saturated carbocycles. The van der Waals surface area contributed by atoms with Crippen LogP contribution in [0.5, 0.6) is 0 Å². The highest BCUT2D eigenvalue weighted by molar-refractivity contribution is 5.69. The highest BCUT2D eigenvalue weighted by atomic mass is 16.5. The average Bonchev–Trinajstić information content (AvgIpc) is 2.71. The smallest absolute Gasteiger partial charge is 0.407 e. The molecule has 0 radical (unpaired) electrons. The lowest BCUT2D eigenvalue weighted by Crippen LogP contribution is -2.23. The first-order valence-corrected chi connectivity index (χ1v) is 8.41. The maximum atomic E-state index is 11.8. The Balaban J connectivity index is 1.45. The molecule has 1 heterocycles. The van der Waals surface area contributed by atoms with Gasteiger partial charge in [0.1, 0.15) is 6.61 Å². The Bertz CT molecular complexity index is 844. The van der Waals surface area contributed by atoms with Crippen molar-refractivity contribution in [1.29, 1.82) is 0 Å². The van der Waals surface area contributed by atoms with Crippen LogP contribution in [-0.4, -0.2) is 11.1 Å². The van der Waals surface area contributed by atoms with E-state index in [1.54, 1.807) is 12.4 Å². The van der Waals surface area contributed by atoms with Gasteiger partial charge >= 0.3 is 6.09 Å². The van der Waals surface area contributed by atoms with E-state index >= 15 is 0 Å². The van der Waals surface area contributed by atoms with Gasteiger partial charge in [-0.05, 0) is 28.3 Å². The van der Waals surface area contributed by atoms with Crippen molar-refractivity contribution in [2.24, 2.45) is 0 Å². The Labute approximate surface area is 153 Å². The minimum atomic E-state index is -0.443. The molecule has 0 bridgehead atoms. The predicted molar refractivity (Wildman–Crippen MR) is 103 cm³/mol. The monoisotopic (exact) mass is 344 g/mol. The van der Waals surface area contributed by atoms with Crippen LogP contribution < -0.4 is 5.32 Å². The summed E-state index contributed by atoms with van der Waals surface area (Å²) < 4.78 is 5.23. The van der Waals surface area contributed by atoms with Crippen molar-refractivity contribution in [3.63, 3.8) is 0 Å². The zero-order valence-corrected chi connectivity index (χ0v) is 14.3. The summed E-state index contributed by atoms with van der Waals surface area (Å²) in [6.07, 6.45) is 7.09. The molecule has 0 aliphatic rings. The van der Waals surface area contributed by atoms with Crippen LogP contribution in [0, 0.1) is 0 Å². The minimum Gasteiger partial charge on any atom is -0.445 e. The number of carbonyl (C=O) groups excluding carboxylic acids is 1. The molecule has 130 valence electrons. The summed E-state index contributed by atoms with van der Waals surface area (Å²) in [4.78, 5) is 15.8. The lowest BCUT2D eigenvalue weighted by atomic mass is 10.1. The molecule has 4 heteroatoms. The molecule has 3 aromatic rings. The fourth-order valence-electron chi connectivity index (χ4n) is 2.36. The molecule has 3 rings (SSSR count). The van der Waals surface area contributed by atoms with Crippen LogP contribution >= 0.6 is 0 Å². The van der Waals surface area contributed by atoms with Gasteiger partial charge in [0.15, 0.2) is 0 Å². The number of alkyl carbamates (subject to hydrolysis) is 1. The van der Waals surface area contributed by atoms with Crippen LogP contribution in [0.3, 0.4) is 0 Å². The van der Waals surface area contributed by atoms with Gasteiger partial charge in [0.2, 0.25) is 0 Å². The predicted octanol–water partition coefficient (Wildman–Crippen LogP) is 4.68. The number of ether oxygens (including phenoxy) is 1. The second kappa shape index (κ2) is 9.18. The fourth-order valence-corrected chi connectivity index (χ4v) is 2.36. The summed E-state index contributed by atoms with van der Waals surface area (Å²) in [7, 11) is 0. The zero-order valence-electron chi connectivity index (χ0n) is 14.3. The third-order valence-corrected chi connectivity index (χ3v) is 3.78. The number of hydrogen-bond donors (Lipinski definition) is 1. The Hall–Kier alpha value is -3.40. The summed E-state index contributed by atoms with van der Waals surface area (Å²) in [5.41, 5.74) is 4.13. The van der Waals surface area contributed by atoms with E-state index in [2.05, 4.69) is 34.6 Å². The topological polar surface area (TPSA) is 51.2 Å². The lowest BCUT2D eigenvalue weighted by Gasteiger charge is -2.07. The Morgan fingerprint density at radius 2 is 1.62 bits per heavy atom.